The lowest BCUT2D eigenvalue weighted by atomic mass is 10.0. The largest absolute Gasteiger partial charge is 0.293 e. The van der Waals surface area contributed by atoms with E-state index in [0.717, 1.165) is 37.0 Å². The summed E-state index contributed by atoms with van der Waals surface area (Å²) in [7, 11) is 0. The predicted molar refractivity (Wildman–Crippen MR) is 81.8 cm³/mol. The molecular formula is C16H23N5. The van der Waals surface area contributed by atoms with E-state index in [4.69, 9.17) is 0 Å². The van der Waals surface area contributed by atoms with Crippen LogP contribution in [0, 0.1) is 13.8 Å². The molecule has 3 heterocycles. The van der Waals surface area contributed by atoms with E-state index in [2.05, 4.69) is 36.8 Å². The molecule has 112 valence electrons. The summed E-state index contributed by atoms with van der Waals surface area (Å²) in [6, 6.07) is 6.67. The lowest BCUT2D eigenvalue weighted by molar-refractivity contribution is 0.119. The zero-order valence-electron chi connectivity index (χ0n) is 12.9. The summed E-state index contributed by atoms with van der Waals surface area (Å²) in [5.74, 6) is 1.87. The molecular weight excluding hydrogens is 262 g/mol. The predicted octanol–water partition coefficient (Wildman–Crippen LogP) is 2.34. The van der Waals surface area contributed by atoms with Gasteiger partial charge in [0.15, 0.2) is 0 Å². The van der Waals surface area contributed by atoms with Crippen LogP contribution >= 0.6 is 0 Å². The summed E-state index contributed by atoms with van der Waals surface area (Å²) in [5.41, 5.74) is 1.15. The van der Waals surface area contributed by atoms with Gasteiger partial charge in [0.2, 0.25) is 0 Å². The van der Waals surface area contributed by atoms with Crippen molar-refractivity contribution >= 4 is 0 Å². The third kappa shape index (κ3) is 3.47. The van der Waals surface area contributed by atoms with E-state index in [1.165, 1.54) is 19.3 Å². The molecule has 0 saturated carbocycles. The fourth-order valence-electron chi connectivity index (χ4n) is 3.11. The van der Waals surface area contributed by atoms with Crippen LogP contribution in [0.3, 0.4) is 0 Å². The maximum Gasteiger partial charge on any atom is 0.147 e. The van der Waals surface area contributed by atoms with Crippen molar-refractivity contribution in [2.24, 2.45) is 0 Å². The highest BCUT2D eigenvalue weighted by Gasteiger charge is 2.24. The lowest BCUT2D eigenvalue weighted by Crippen LogP contribution is -2.42. The highest BCUT2D eigenvalue weighted by molar-refractivity contribution is 5.04. The molecule has 1 saturated heterocycles. The molecule has 0 spiro atoms. The molecule has 0 aliphatic carbocycles. The van der Waals surface area contributed by atoms with Crippen molar-refractivity contribution in [3.8, 4) is 0 Å². The van der Waals surface area contributed by atoms with E-state index in [0.29, 0.717) is 6.04 Å². The summed E-state index contributed by atoms with van der Waals surface area (Å²) in [5, 5.41) is 4.51. The lowest BCUT2D eigenvalue weighted by Gasteiger charge is -2.35. The molecule has 2 aromatic rings. The van der Waals surface area contributed by atoms with Gasteiger partial charge in [0, 0.05) is 18.8 Å². The average Bonchev–Trinajstić information content (AvgIpc) is 2.80. The first-order chi connectivity index (χ1) is 10.2. The SMILES string of the molecule is Cc1nc(C)n(C[C@@H]2CCCCN2Cc2ccccn2)n1. The molecule has 1 atom stereocenters. The van der Waals surface area contributed by atoms with Crippen LogP contribution in [0.5, 0.6) is 0 Å². The Bertz CT molecular complexity index is 578. The van der Waals surface area contributed by atoms with Crippen LogP contribution in [0.2, 0.25) is 0 Å². The fourth-order valence-corrected chi connectivity index (χ4v) is 3.11. The van der Waals surface area contributed by atoms with Crippen molar-refractivity contribution in [3.63, 3.8) is 0 Å². The van der Waals surface area contributed by atoms with Gasteiger partial charge < -0.3 is 0 Å². The van der Waals surface area contributed by atoms with Crippen molar-refractivity contribution in [2.75, 3.05) is 6.54 Å². The molecule has 0 aromatic carbocycles. The van der Waals surface area contributed by atoms with E-state index in [9.17, 15) is 0 Å². The molecule has 2 aromatic heterocycles. The molecule has 0 amide bonds. The number of hydrogen-bond donors (Lipinski definition) is 0. The van der Waals surface area contributed by atoms with Gasteiger partial charge in [-0.1, -0.05) is 12.5 Å². The van der Waals surface area contributed by atoms with Gasteiger partial charge >= 0.3 is 0 Å². The number of aryl methyl sites for hydroxylation is 2. The summed E-state index contributed by atoms with van der Waals surface area (Å²) >= 11 is 0. The third-order valence-corrected chi connectivity index (χ3v) is 4.19. The Balaban J connectivity index is 1.71. The Labute approximate surface area is 126 Å². The highest BCUT2D eigenvalue weighted by Crippen LogP contribution is 2.20. The first-order valence-electron chi connectivity index (χ1n) is 7.74. The van der Waals surface area contributed by atoms with Crippen molar-refractivity contribution in [3.05, 3.63) is 41.7 Å². The monoisotopic (exact) mass is 285 g/mol. The Kier molecular flexibility index (Phi) is 4.29. The molecule has 5 heteroatoms. The highest BCUT2D eigenvalue weighted by atomic mass is 15.4. The quantitative estimate of drug-likeness (QED) is 0.865. The average molecular weight is 285 g/mol. The van der Waals surface area contributed by atoms with Crippen LogP contribution in [0.15, 0.2) is 24.4 Å². The normalized spacial score (nSPS) is 19.8. The molecule has 1 fully saturated rings. The molecule has 0 N–H and O–H groups in total. The molecule has 0 bridgehead atoms. The number of piperidine rings is 1. The van der Waals surface area contributed by atoms with Crippen LogP contribution < -0.4 is 0 Å². The number of aromatic nitrogens is 4. The minimum atomic E-state index is 0.528. The number of likely N-dealkylation sites (tertiary alicyclic amines) is 1. The van der Waals surface area contributed by atoms with Crippen LogP contribution in [-0.2, 0) is 13.1 Å². The smallest absolute Gasteiger partial charge is 0.147 e. The zero-order chi connectivity index (χ0) is 14.7. The summed E-state index contributed by atoms with van der Waals surface area (Å²) in [6.45, 7) is 6.99. The van der Waals surface area contributed by atoms with Crippen LogP contribution in [-0.4, -0.2) is 37.2 Å². The Morgan fingerprint density at radius 1 is 1.24 bits per heavy atom. The summed E-state index contributed by atoms with van der Waals surface area (Å²) in [6.07, 6.45) is 5.68. The maximum absolute atomic E-state index is 4.51. The van der Waals surface area contributed by atoms with Crippen molar-refractivity contribution in [2.45, 2.75) is 52.2 Å². The van der Waals surface area contributed by atoms with E-state index in [-0.39, 0.29) is 0 Å². The molecule has 1 aliphatic heterocycles. The Hall–Kier alpha value is -1.75. The van der Waals surface area contributed by atoms with Crippen molar-refractivity contribution in [1.29, 1.82) is 0 Å². The zero-order valence-corrected chi connectivity index (χ0v) is 12.9. The molecule has 5 nitrogen and oxygen atoms in total. The van der Waals surface area contributed by atoms with Crippen molar-refractivity contribution in [1.82, 2.24) is 24.6 Å². The van der Waals surface area contributed by atoms with Gasteiger partial charge in [-0.15, -0.1) is 0 Å². The number of rotatable bonds is 4. The fraction of sp³-hybridized carbons (Fsp3) is 0.562. The first kappa shape index (κ1) is 14.2. The summed E-state index contributed by atoms with van der Waals surface area (Å²) < 4.78 is 2.05. The van der Waals surface area contributed by atoms with Crippen LogP contribution in [0.4, 0.5) is 0 Å². The molecule has 3 rings (SSSR count). The van der Waals surface area contributed by atoms with Crippen LogP contribution in [0.25, 0.3) is 0 Å². The minimum Gasteiger partial charge on any atom is -0.293 e. The second-order valence-corrected chi connectivity index (χ2v) is 5.83. The number of nitrogens with zero attached hydrogens (tertiary/aromatic N) is 5. The first-order valence-corrected chi connectivity index (χ1v) is 7.74. The number of pyridine rings is 1. The van der Waals surface area contributed by atoms with Gasteiger partial charge in [-0.2, -0.15) is 5.10 Å². The second kappa shape index (κ2) is 6.35. The van der Waals surface area contributed by atoms with E-state index < -0.39 is 0 Å². The standard InChI is InChI=1S/C16H23N5/c1-13-18-14(2)21(19-13)12-16-8-4-6-10-20(16)11-15-7-3-5-9-17-15/h3,5,7,9,16H,4,6,8,10-12H2,1-2H3/t16-/m0/s1. The topological polar surface area (TPSA) is 46.8 Å². The van der Waals surface area contributed by atoms with Gasteiger partial charge in [-0.3, -0.25) is 9.88 Å². The third-order valence-electron chi connectivity index (χ3n) is 4.19. The van der Waals surface area contributed by atoms with E-state index in [1.54, 1.807) is 0 Å². The molecule has 21 heavy (non-hydrogen) atoms. The van der Waals surface area contributed by atoms with Gasteiger partial charge in [0.25, 0.3) is 0 Å². The van der Waals surface area contributed by atoms with Gasteiger partial charge in [0.05, 0.1) is 12.2 Å². The van der Waals surface area contributed by atoms with Gasteiger partial charge in [-0.25, -0.2) is 9.67 Å². The van der Waals surface area contributed by atoms with Crippen molar-refractivity contribution < 1.29 is 0 Å². The Morgan fingerprint density at radius 3 is 2.86 bits per heavy atom. The molecule has 0 unspecified atom stereocenters. The molecule has 1 aliphatic rings. The molecule has 0 radical (unpaired) electrons. The van der Waals surface area contributed by atoms with Crippen LogP contribution in [0.1, 0.15) is 36.6 Å². The Morgan fingerprint density at radius 2 is 2.14 bits per heavy atom. The summed E-state index contributed by atoms with van der Waals surface area (Å²) in [4.78, 5) is 11.4. The van der Waals surface area contributed by atoms with Gasteiger partial charge in [-0.05, 0) is 45.4 Å². The van der Waals surface area contributed by atoms with E-state index in [1.807, 2.05) is 26.1 Å². The van der Waals surface area contributed by atoms with Gasteiger partial charge in [0.1, 0.15) is 11.6 Å². The minimum absolute atomic E-state index is 0.528. The second-order valence-electron chi connectivity index (χ2n) is 5.83. The van der Waals surface area contributed by atoms with E-state index >= 15 is 0 Å². The maximum atomic E-state index is 4.51. The number of hydrogen-bond acceptors (Lipinski definition) is 4.